The molecule has 1 aromatic carbocycles. The number of hydrogen-bond donors (Lipinski definition) is 1. The van der Waals surface area contributed by atoms with Crippen molar-refractivity contribution in [3.63, 3.8) is 0 Å². The predicted molar refractivity (Wildman–Crippen MR) is 77.4 cm³/mol. The molecule has 2 N–H and O–H groups in total. The standard InChI is InChI=1S/C16H24N2O/c1-19-15-5-3-13(4-6-15)9-14-10-16(12-17)7-2-8-18(16)11-14/h3-6,14H,2,7-12,17H2,1H3/t14-,16+/m1/s1. The van der Waals surface area contributed by atoms with Crippen molar-refractivity contribution < 1.29 is 4.74 Å². The predicted octanol–water partition coefficient (Wildman–Crippen LogP) is 2.05. The van der Waals surface area contributed by atoms with E-state index in [0.29, 0.717) is 5.54 Å². The van der Waals surface area contributed by atoms with Crippen LogP contribution in [0, 0.1) is 5.92 Å². The van der Waals surface area contributed by atoms with E-state index in [1.807, 2.05) is 0 Å². The largest absolute Gasteiger partial charge is 0.497 e. The summed E-state index contributed by atoms with van der Waals surface area (Å²) in [7, 11) is 1.71. The second kappa shape index (κ2) is 5.14. The van der Waals surface area contributed by atoms with Crippen molar-refractivity contribution in [2.75, 3.05) is 26.7 Å². The van der Waals surface area contributed by atoms with E-state index in [1.54, 1.807) is 7.11 Å². The lowest BCUT2D eigenvalue weighted by Gasteiger charge is -2.30. The second-order valence-corrected chi connectivity index (χ2v) is 6.10. The van der Waals surface area contributed by atoms with Gasteiger partial charge in [-0.1, -0.05) is 12.1 Å². The molecule has 2 fully saturated rings. The Morgan fingerprint density at radius 2 is 2.16 bits per heavy atom. The maximum atomic E-state index is 6.05. The lowest BCUT2D eigenvalue weighted by atomic mass is 9.87. The van der Waals surface area contributed by atoms with Crippen LogP contribution in [0.1, 0.15) is 24.8 Å². The number of fused-ring (bicyclic) bond motifs is 1. The molecule has 104 valence electrons. The van der Waals surface area contributed by atoms with Gasteiger partial charge in [0.25, 0.3) is 0 Å². The molecule has 3 rings (SSSR count). The number of hydrogen-bond acceptors (Lipinski definition) is 3. The maximum Gasteiger partial charge on any atom is 0.118 e. The number of nitrogens with two attached hydrogens (primary N) is 1. The Balaban J connectivity index is 1.65. The normalized spacial score (nSPS) is 30.5. The molecule has 0 aliphatic carbocycles. The number of methoxy groups -OCH3 is 1. The van der Waals surface area contributed by atoms with Gasteiger partial charge in [-0.25, -0.2) is 0 Å². The quantitative estimate of drug-likeness (QED) is 0.900. The van der Waals surface area contributed by atoms with Crippen LogP contribution in [0.15, 0.2) is 24.3 Å². The van der Waals surface area contributed by atoms with Crippen molar-refractivity contribution in [1.82, 2.24) is 4.90 Å². The van der Waals surface area contributed by atoms with Gasteiger partial charge in [0.1, 0.15) is 5.75 Å². The molecule has 0 aromatic heterocycles. The summed E-state index contributed by atoms with van der Waals surface area (Å²) >= 11 is 0. The summed E-state index contributed by atoms with van der Waals surface area (Å²) in [6.07, 6.45) is 5.06. The molecule has 2 aliphatic rings. The monoisotopic (exact) mass is 260 g/mol. The number of rotatable bonds is 4. The molecule has 0 unspecified atom stereocenters. The van der Waals surface area contributed by atoms with Crippen LogP contribution in [0.5, 0.6) is 5.75 Å². The van der Waals surface area contributed by atoms with Crippen molar-refractivity contribution in [2.24, 2.45) is 11.7 Å². The van der Waals surface area contributed by atoms with Gasteiger partial charge in [-0.3, -0.25) is 4.90 Å². The molecule has 0 bridgehead atoms. The van der Waals surface area contributed by atoms with Crippen molar-refractivity contribution in [3.05, 3.63) is 29.8 Å². The molecule has 0 amide bonds. The highest BCUT2D eigenvalue weighted by Crippen LogP contribution is 2.41. The van der Waals surface area contributed by atoms with Crippen molar-refractivity contribution in [2.45, 2.75) is 31.2 Å². The zero-order valence-corrected chi connectivity index (χ0v) is 11.8. The molecule has 2 atom stereocenters. The van der Waals surface area contributed by atoms with E-state index in [-0.39, 0.29) is 0 Å². The lowest BCUT2D eigenvalue weighted by Crippen LogP contribution is -2.44. The Hall–Kier alpha value is -1.06. The van der Waals surface area contributed by atoms with Gasteiger partial charge >= 0.3 is 0 Å². The summed E-state index contributed by atoms with van der Waals surface area (Å²) < 4.78 is 5.21. The summed E-state index contributed by atoms with van der Waals surface area (Å²) in [4.78, 5) is 2.64. The summed E-state index contributed by atoms with van der Waals surface area (Å²) in [5.41, 5.74) is 7.79. The molecule has 3 nitrogen and oxygen atoms in total. The van der Waals surface area contributed by atoms with Crippen LogP contribution in [0.2, 0.25) is 0 Å². The van der Waals surface area contributed by atoms with Crippen molar-refractivity contribution in [1.29, 1.82) is 0 Å². The van der Waals surface area contributed by atoms with Crippen LogP contribution in [0.4, 0.5) is 0 Å². The fourth-order valence-corrected chi connectivity index (χ4v) is 3.97. The van der Waals surface area contributed by atoms with Crippen LogP contribution >= 0.6 is 0 Å². The Bertz CT molecular complexity index is 431. The molecular weight excluding hydrogens is 236 g/mol. The molecule has 0 saturated carbocycles. The van der Waals surface area contributed by atoms with Gasteiger partial charge < -0.3 is 10.5 Å². The van der Waals surface area contributed by atoms with Gasteiger partial charge in [0, 0.05) is 18.6 Å². The molecule has 0 radical (unpaired) electrons. The highest BCUT2D eigenvalue weighted by molar-refractivity contribution is 5.27. The van der Waals surface area contributed by atoms with E-state index in [2.05, 4.69) is 29.2 Å². The van der Waals surface area contributed by atoms with Gasteiger partial charge in [-0.15, -0.1) is 0 Å². The molecule has 2 saturated heterocycles. The first-order chi connectivity index (χ1) is 9.25. The first-order valence-electron chi connectivity index (χ1n) is 7.34. The molecular formula is C16H24N2O. The summed E-state index contributed by atoms with van der Waals surface area (Å²) in [6.45, 7) is 3.30. The third-order valence-corrected chi connectivity index (χ3v) is 4.95. The number of ether oxygens (including phenoxy) is 1. The smallest absolute Gasteiger partial charge is 0.118 e. The Kier molecular flexibility index (Phi) is 3.50. The van der Waals surface area contributed by atoms with Gasteiger partial charge in [0.2, 0.25) is 0 Å². The van der Waals surface area contributed by atoms with Gasteiger partial charge in [0.05, 0.1) is 7.11 Å². The Morgan fingerprint density at radius 1 is 1.37 bits per heavy atom. The molecule has 0 spiro atoms. The minimum absolute atomic E-state index is 0.330. The fraction of sp³-hybridized carbons (Fsp3) is 0.625. The highest BCUT2D eigenvalue weighted by atomic mass is 16.5. The third-order valence-electron chi connectivity index (χ3n) is 4.95. The van der Waals surface area contributed by atoms with E-state index in [4.69, 9.17) is 10.5 Å². The minimum atomic E-state index is 0.330. The first kappa shape index (κ1) is 12.9. The zero-order valence-electron chi connectivity index (χ0n) is 11.8. The maximum absolute atomic E-state index is 6.05. The number of benzene rings is 1. The average Bonchev–Trinajstić information content (AvgIpc) is 2.96. The molecule has 2 aliphatic heterocycles. The highest BCUT2D eigenvalue weighted by Gasteiger charge is 2.46. The van der Waals surface area contributed by atoms with E-state index >= 15 is 0 Å². The minimum Gasteiger partial charge on any atom is -0.497 e. The molecule has 1 aromatic rings. The van der Waals surface area contributed by atoms with Crippen LogP contribution in [-0.4, -0.2) is 37.2 Å². The van der Waals surface area contributed by atoms with Crippen LogP contribution in [-0.2, 0) is 6.42 Å². The van der Waals surface area contributed by atoms with Crippen LogP contribution < -0.4 is 10.5 Å². The first-order valence-corrected chi connectivity index (χ1v) is 7.34. The number of nitrogens with zero attached hydrogens (tertiary/aromatic N) is 1. The van der Waals surface area contributed by atoms with E-state index in [0.717, 1.165) is 18.2 Å². The summed E-state index contributed by atoms with van der Waals surface area (Å²) in [5, 5.41) is 0. The van der Waals surface area contributed by atoms with Crippen LogP contribution in [0.3, 0.4) is 0 Å². The average molecular weight is 260 g/mol. The van der Waals surface area contributed by atoms with Gasteiger partial charge in [-0.2, -0.15) is 0 Å². The van der Waals surface area contributed by atoms with E-state index in [9.17, 15) is 0 Å². The van der Waals surface area contributed by atoms with E-state index < -0.39 is 0 Å². The van der Waals surface area contributed by atoms with Crippen molar-refractivity contribution >= 4 is 0 Å². The summed E-state index contributed by atoms with van der Waals surface area (Å²) in [5.74, 6) is 1.70. The summed E-state index contributed by atoms with van der Waals surface area (Å²) in [6, 6.07) is 8.50. The van der Waals surface area contributed by atoms with E-state index in [1.165, 1.54) is 44.3 Å². The van der Waals surface area contributed by atoms with Gasteiger partial charge in [-0.05, 0) is 55.8 Å². The second-order valence-electron chi connectivity index (χ2n) is 6.10. The SMILES string of the molecule is COc1ccc(C[C@H]2CN3CCC[C@@]3(CN)C2)cc1. The lowest BCUT2D eigenvalue weighted by molar-refractivity contribution is 0.204. The molecule has 19 heavy (non-hydrogen) atoms. The Labute approximate surface area is 115 Å². The fourth-order valence-electron chi connectivity index (χ4n) is 3.97. The molecule has 3 heteroatoms. The third kappa shape index (κ3) is 2.37. The molecule has 2 heterocycles. The topological polar surface area (TPSA) is 38.5 Å². The van der Waals surface area contributed by atoms with Crippen LogP contribution in [0.25, 0.3) is 0 Å². The van der Waals surface area contributed by atoms with Crippen molar-refractivity contribution in [3.8, 4) is 5.75 Å². The van der Waals surface area contributed by atoms with Gasteiger partial charge in [0.15, 0.2) is 0 Å². The Morgan fingerprint density at radius 3 is 2.79 bits per heavy atom. The zero-order chi connectivity index (χ0) is 13.3.